The maximum Gasteiger partial charge on any atom is 0.328 e. The van der Waals surface area contributed by atoms with E-state index in [2.05, 4.69) is 10.0 Å². The van der Waals surface area contributed by atoms with E-state index in [9.17, 15) is 13.2 Å². The van der Waals surface area contributed by atoms with E-state index < -0.39 is 10.0 Å². The van der Waals surface area contributed by atoms with Gasteiger partial charge >= 0.3 is 5.69 Å². The molecule has 2 N–H and O–H groups in total. The molecule has 0 aliphatic heterocycles. The molecule has 2 aromatic carbocycles. The van der Waals surface area contributed by atoms with Gasteiger partial charge in [-0.25, -0.2) is 13.2 Å². The Hall–Kier alpha value is -2.74. The van der Waals surface area contributed by atoms with Crippen LogP contribution in [0.5, 0.6) is 0 Å². The van der Waals surface area contributed by atoms with Gasteiger partial charge in [0, 0.05) is 20.6 Å². The van der Waals surface area contributed by atoms with Crippen molar-refractivity contribution in [1.82, 2.24) is 9.13 Å². The molecule has 0 spiro atoms. The van der Waals surface area contributed by atoms with Crippen LogP contribution in [0.25, 0.3) is 11.0 Å². The Labute approximate surface area is 146 Å². The molecule has 0 bridgehead atoms. The second kappa shape index (κ2) is 6.29. The molecule has 0 saturated heterocycles. The highest BCUT2D eigenvalue weighted by atomic mass is 32.2. The first-order chi connectivity index (χ1) is 11.8. The molecular formula is C17H20N4O3S. The van der Waals surface area contributed by atoms with Crippen LogP contribution >= 0.6 is 0 Å². The fourth-order valence-electron chi connectivity index (χ4n) is 2.77. The third-order valence-electron chi connectivity index (χ3n) is 4.03. The van der Waals surface area contributed by atoms with Gasteiger partial charge in [-0.1, -0.05) is 30.3 Å². The van der Waals surface area contributed by atoms with E-state index in [1.807, 2.05) is 30.3 Å². The summed E-state index contributed by atoms with van der Waals surface area (Å²) in [7, 11) is -0.103. The Balaban J connectivity index is 2.08. The van der Waals surface area contributed by atoms with E-state index >= 15 is 0 Å². The fourth-order valence-corrected chi connectivity index (χ4v) is 3.34. The molecule has 1 aromatic heterocycles. The number of aryl methyl sites for hydroxylation is 2. The standard InChI is InChI=1S/C17H20N4O3S/c1-20-15-9-13(18-11-12-7-5-4-6-8-12)14(19-25(3,23)24)10-16(15)21(2)17(20)22/h4-10,18-19H,11H2,1-3H3. The van der Waals surface area contributed by atoms with Crippen molar-refractivity contribution in [3.8, 4) is 0 Å². The molecule has 3 rings (SSSR count). The molecule has 0 saturated carbocycles. The molecule has 3 aromatic rings. The lowest BCUT2D eigenvalue weighted by atomic mass is 10.2. The second-order valence-electron chi connectivity index (χ2n) is 6.00. The SMILES string of the molecule is Cn1c(=O)n(C)c2cc(NS(C)(=O)=O)c(NCc3ccccc3)cc21. The molecule has 7 nitrogen and oxygen atoms in total. The zero-order valence-corrected chi connectivity index (χ0v) is 15.1. The average molecular weight is 360 g/mol. The van der Waals surface area contributed by atoms with Crippen LogP contribution in [-0.2, 0) is 30.7 Å². The van der Waals surface area contributed by atoms with Crippen molar-refractivity contribution in [2.75, 3.05) is 16.3 Å². The van der Waals surface area contributed by atoms with Crippen LogP contribution < -0.4 is 15.7 Å². The van der Waals surface area contributed by atoms with Crippen molar-refractivity contribution in [3.63, 3.8) is 0 Å². The van der Waals surface area contributed by atoms with Crippen molar-refractivity contribution < 1.29 is 8.42 Å². The second-order valence-corrected chi connectivity index (χ2v) is 7.75. The minimum Gasteiger partial charge on any atom is -0.379 e. The molecule has 25 heavy (non-hydrogen) atoms. The van der Waals surface area contributed by atoms with Crippen LogP contribution in [0, 0.1) is 0 Å². The number of hydrogen-bond donors (Lipinski definition) is 2. The summed E-state index contributed by atoms with van der Waals surface area (Å²) < 4.78 is 29.0. The fraction of sp³-hybridized carbons (Fsp3) is 0.235. The molecule has 0 aliphatic rings. The Morgan fingerprint density at radius 2 is 1.52 bits per heavy atom. The number of fused-ring (bicyclic) bond motifs is 1. The molecule has 0 amide bonds. The molecule has 0 fully saturated rings. The maximum atomic E-state index is 12.1. The number of nitrogens with zero attached hydrogens (tertiary/aromatic N) is 2. The number of benzene rings is 2. The van der Waals surface area contributed by atoms with E-state index in [1.54, 1.807) is 26.2 Å². The Morgan fingerprint density at radius 3 is 2.08 bits per heavy atom. The molecular weight excluding hydrogens is 340 g/mol. The number of rotatable bonds is 5. The summed E-state index contributed by atoms with van der Waals surface area (Å²) in [5.41, 5.74) is 3.30. The van der Waals surface area contributed by atoms with Crippen molar-refractivity contribution in [2.45, 2.75) is 6.54 Å². The van der Waals surface area contributed by atoms with Crippen LogP contribution in [0.3, 0.4) is 0 Å². The molecule has 0 unspecified atom stereocenters. The van der Waals surface area contributed by atoms with E-state index in [-0.39, 0.29) is 5.69 Å². The Morgan fingerprint density at radius 1 is 0.960 bits per heavy atom. The van der Waals surface area contributed by atoms with Gasteiger partial charge in [-0.15, -0.1) is 0 Å². The van der Waals surface area contributed by atoms with Crippen LogP contribution in [0.15, 0.2) is 47.3 Å². The van der Waals surface area contributed by atoms with E-state index in [1.165, 1.54) is 9.13 Å². The van der Waals surface area contributed by atoms with Crippen LogP contribution in [0.1, 0.15) is 5.56 Å². The van der Waals surface area contributed by atoms with Crippen LogP contribution in [0.4, 0.5) is 11.4 Å². The van der Waals surface area contributed by atoms with Gasteiger partial charge in [0.1, 0.15) is 0 Å². The number of aromatic nitrogens is 2. The summed E-state index contributed by atoms with van der Waals surface area (Å²) in [4.78, 5) is 12.1. The van der Waals surface area contributed by atoms with Gasteiger partial charge in [-0.3, -0.25) is 13.9 Å². The number of sulfonamides is 1. The third-order valence-corrected chi connectivity index (χ3v) is 4.62. The summed E-state index contributed by atoms with van der Waals surface area (Å²) in [6.07, 6.45) is 1.10. The normalized spacial score (nSPS) is 11.6. The summed E-state index contributed by atoms with van der Waals surface area (Å²) in [6, 6.07) is 13.2. The summed E-state index contributed by atoms with van der Waals surface area (Å²) >= 11 is 0. The van der Waals surface area contributed by atoms with Crippen molar-refractivity contribution in [2.24, 2.45) is 14.1 Å². The van der Waals surface area contributed by atoms with Crippen LogP contribution in [-0.4, -0.2) is 23.8 Å². The Bertz CT molecular complexity index is 1080. The van der Waals surface area contributed by atoms with Gasteiger partial charge in [0.15, 0.2) is 0 Å². The van der Waals surface area contributed by atoms with E-state index in [4.69, 9.17) is 0 Å². The van der Waals surface area contributed by atoms with Gasteiger partial charge in [0.25, 0.3) is 0 Å². The first-order valence-electron chi connectivity index (χ1n) is 7.71. The van der Waals surface area contributed by atoms with Crippen molar-refractivity contribution >= 4 is 32.4 Å². The van der Waals surface area contributed by atoms with Gasteiger partial charge in [0.05, 0.1) is 28.7 Å². The maximum absolute atomic E-state index is 12.1. The summed E-state index contributed by atoms with van der Waals surface area (Å²) in [5.74, 6) is 0. The van der Waals surface area contributed by atoms with E-state index in [0.29, 0.717) is 23.4 Å². The quantitative estimate of drug-likeness (QED) is 0.727. The molecule has 8 heteroatoms. The predicted molar refractivity (Wildman–Crippen MR) is 100 cm³/mol. The lowest BCUT2D eigenvalue weighted by Gasteiger charge is -2.14. The highest BCUT2D eigenvalue weighted by Gasteiger charge is 2.14. The highest BCUT2D eigenvalue weighted by Crippen LogP contribution is 2.29. The lowest BCUT2D eigenvalue weighted by Crippen LogP contribution is -2.19. The number of nitrogens with one attached hydrogen (secondary N) is 2. The molecule has 1 heterocycles. The molecule has 0 atom stereocenters. The largest absolute Gasteiger partial charge is 0.379 e. The number of hydrogen-bond acceptors (Lipinski definition) is 4. The van der Waals surface area contributed by atoms with Gasteiger partial charge in [-0.05, 0) is 17.7 Å². The van der Waals surface area contributed by atoms with Gasteiger partial charge < -0.3 is 5.32 Å². The first kappa shape index (κ1) is 17.1. The smallest absolute Gasteiger partial charge is 0.328 e. The number of anilines is 2. The molecule has 0 radical (unpaired) electrons. The third kappa shape index (κ3) is 3.53. The lowest BCUT2D eigenvalue weighted by molar-refractivity contribution is 0.607. The summed E-state index contributed by atoms with van der Waals surface area (Å²) in [6.45, 7) is 0.533. The first-order valence-corrected chi connectivity index (χ1v) is 9.60. The number of imidazole rings is 1. The highest BCUT2D eigenvalue weighted by molar-refractivity contribution is 7.92. The predicted octanol–water partition coefficient (Wildman–Crippen LogP) is 1.86. The van der Waals surface area contributed by atoms with Gasteiger partial charge in [0.2, 0.25) is 10.0 Å². The molecule has 132 valence electrons. The minimum atomic E-state index is -3.45. The Kier molecular flexibility index (Phi) is 4.30. The van der Waals surface area contributed by atoms with Crippen molar-refractivity contribution in [1.29, 1.82) is 0 Å². The monoisotopic (exact) mass is 360 g/mol. The molecule has 0 aliphatic carbocycles. The zero-order chi connectivity index (χ0) is 18.2. The topological polar surface area (TPSA) is 85.1 Å². The average Bonchev–Trinajstić information content (AvgIpc) is 2.77. The minimum absolute atomic E-state index is 0.166. The zero-order valence-electron chi connectivity index (χ0n) is 14.3. The van der Waals surface area contributed by atoms with E-state index in [0.717, 1.165) is 17.3 Å². The van der Waals surface area contributed by atoms with Crippen molar-refractivity contribution in [3.05, 3.63) is 58.5 Å². The van der Waals surface area contributed by atoms with Gasteiger partial charge in [-0.2, -0.15) is 0 Å². The summed E-state index contributed by atoms with van der Waals surface area (Å²) in [5, 5.41) is 3.25. The van der Waals surface area contributed by atoms with Crippen LogP contribution in [0.2, 0.25) is 0 Å².